The van der Waals surface area contributed by atoms with Crippen molar-refractivity contribution in [2.45, 2.75) is 45.3 Å². The Labute approximate surface area is 135 Å². The molecule has 1 rings (SSSR count). The highest BCUT2D eigenvalue weighted by atomic mass is 16.4. The van der Waals surface area contributed by atoms with E-state index < -0.39 is 30.4 Å². The fraction of sp³-hybridized carbons (Fsp3) is 0.438. The van der Waals surface area contributed by atoms with Gasteiger partial charge in [0.15, 0.2) is 0 Å². The molecule has 0 aromatic heterocycles. The summed E-state index contributed by atoms with van der Waals surface area (Å²) >= 11 is 0. The lowest BCUT2D eigenvalue weighted by atomic mass is 10.0. The molecule has 23 heavy (non-hydrogen) atoms. The van der Waals surface area contributed by atoms with Crippen molar-refractivity contribution < 1.29 is 19.5 Å². The van der Waals surface area contributed by atoms with E-state index in [9.17, 15) is 14.4 Å². The predicted octanol–water partition coefficient (Wildman–Crippen LogP) is 0.479. The Morgan fingerprint density at radius 2 is 1.74 bits per heavy atom. The van der Waals surface area contributed by atoms with Gasteiger partial charge in [-0.25, -0.2) is 0 Å². The molecule has 1 aromatic rings. The number of benzene rings is 1. The van der Waals surface area contributed by atoms with Crippen LogP contribution in [0.2, 0.25) is 0 Å². The number of carbonyl (C=O) groups is 3. The van der Waals surface area contributed by atoms with Crippen LogP contribution in [0, 0.1) is 6.92 Å². The summed E-state index contributed by atoms with van der Waals surface area (Å²) in [6.45, 7) is 5.32. The van der Waals surface area contributed by atoms with Crippen LogP contribution in [0.25, 0.3) is 0 Å². The first-order valence-corrected chi connectivity index (χ1v) is 7.36. The van der Waals surface area contributed by atoms with Gasteiger partial charge in [0.1, 0.15) is 6.04 Å². The standard InChI is InChI=1S/C16H23N3O4/c1-9-6-4-5-7-12(9)10(2)18-15(22)11(3)19-16(23)13(17)8-14(20)21/h4-7,10-11,13H,8,17H2,1-3H3,(H,18,22)(H,19,23)(H,20,21)/t10-,11-,13+/m1/s1. The maximum absolute atomic E-state index is 12.1. The van der Waals surface area contributed by atoms with Crippen LogP contribution in [-0.2, 0) is 14.4 Å². The molecule has 7 nitrogen and oxygen atoms in total. The first-order valence-electron chi connectivity index (χ1n) is 7.36. The quantitative estimate of drug-likeness (QED) is 0.582. The Morgan fingerprint density at radius 3 is 2.30 bits per heavy atom. The number of nitrogens with one attached hydrogen (secondary N) is 2. The molecule has 0 unspecified atom stereocenters. The second-order valence-electron chi connectivity index (χ2n) is 5.52. The summed E-state index contributed by atoms with van der Waals surface area (Å²) in [4.78, 5) is 34.4. The number of hydrogen-bond donors (Lipinski definition) is 4. The van der Waals surface area contributed by atoms with Crippen molar-refractivity contribution in [3.63, 3.8) is 0 Å². The van der Waals surface area contributed by atoms with Crippen LogP contribution in [0.5, 0.6) is 0 Å². The van der Waals surface area contributed by atoms with Gasteiger partial charge >= 0.3 is 5.97 Å². The summed E-state index contributed by atoms with van der Waals surface area (Å²) in [5, 5.41) is 13.8. The number of aryl methyl sites for hydroxylation is 1. The largest absolute Gasteiger partial charge is 0.481 e. The van der Waals surface area contributed by atoms with E-state index in [1.165, 1.54) is 6.92 Å². The van der Waals surface area contributed by atoms with E-state index in [0.717, 1.165) is 11.1 Å². The van der Waals surface area contributed by atoms with Crippen molar-refractivity contribution in [2.75, 3.05) is 0 Å². The van der Waals surface area contributed by atoms with Gasteiger partial charge in [0.2, 0.25) is 11.8 Å². The van der Waals surface area contributed by atoms with Crippen molar-refractivity contribution in [2.24, 2.45) is 5.73 Å². The molecule has 0 saturated carbocycles. The van der Waals surface area contributed by atoms with Crippen molar-refractivity contribution in [1.82, 2.24) is 10.6 Å². The van der Waals surface area contributed by atoms with Crippen LogP contribution in [0.1, 0.15) is 37.4 Å². The number of aliphatic carboxylic acids is 1. The molecule has 2 amide bonds. The van der Waals surface area contributed by atoms with Crippen molar-refractivity contribution in [3.05, 3.63) is 35.4 Å². The number of carboxylic acids is 1. The number of amides is 2. The molecule has 0 heterocycles. The van der Waals surface area contributed by atoms with Crippen molar-refractivity contribution >= 4 is 17.8 Å². The topological polar surface area (TPSA) is 122 Å². The third kappa shape index (κ3) is 5.71. The van der Waals surface area contributed by atoms with Crippen LogP contribution in [0.3, 0.4) is 0 Å². The molecule has 126 valence electrons. The summed E-state index contributed by atoms with van der Waals surface area (Å²) in [5.74, 6) is -2.20. The second kappa shape index (κ2) is 8.28. The maximum Gasteiger partial charge on any atom is 0.305 e. The first kappa shape index (κ1) is 18.6. The van der Waals surface area contributed by atoms with E-state index in [1.807, 2.05) is 38.1 Å². The van der Waals surface area contributed by atoms with Crippen LogP contribution >= 0.6 is 0 Å². The molecule has 0 radical (unpaired) electrons. The van der Waals surface area contributed by atoms with Crippen LogP contribution in [-0.4, -0.2) is 35.0 Å². The minimum absolute atomic E-state index is 0.212. The number of hydrogen-bond acceptors (Lipinski definition) is 4. The summed E-state index contributed by atoms with van der Waals surface area (Å²) in [6.07, 6.45) is -0.486. The third-order valence-corrected chi connectivity index (χ3v) is 3.50. The molecule has 3 atom stereocenters. The summed E-state index contributed by atoms with van der Waals surface area (Å²) in [5.41, 5.74) is 7.50. The molecule has 0 bridgehead atoms. The summed E-state index contributed by atoms with van der Waals surface area (Å²) < 4.78 is 0. The smallest absolute Gasteiger partial charge is 0.305 e. The first-order chi connectivity index (χ1) is 10.7. The molecule has 7 heteroatoms. The lowest BCUT2D eigenvalue weighted by Crippen LogP contribution is -2.51. The molecule has 5 N–H and O–H groups in total. The molecule has 0 fully saturated rings. The SMILES string of the molecule is Cc1ccccc1[C@@H](C)NC(=O)[C@@H](C)NC(=O)[C@@H](N)CC(=O)O. The van der Waals surface area contributed by atoms with Crippen LogP contribution < -0.4 is 16.4 Å². The lowest BCUT2D eigenvalue weighted by molar-refractivity contribution is -0.139. The van der Waals surface area contributed by atoms with Crippen molar-refractivity contribution in [3.8, 4) is 0 Å². The zero-order valence-electron chi connectivity index (χ0n) is 13.5. The minimum Gasteiger partial charge on any atom is -0.481 e. The molecule has 0 aliphatic heterocycles. The van der Waals surface area contributed by atoms with Gasteiger partial charge in [-0.3, -0.25) is 14.4 Å². The Balaban J connectivity index is 2.58. The van der Waals surface area contributed by atoms with Gasteiger partial charge in [-0.05, 0) is 31.9 Å². The highest BCUT2D eigenvalue weighted by molar-refractivity contribution is 5.91. The molecular weight excluding hydrogens is 298 g/mol. The molecule has 0 saturated heterocycles. The van der Waals surface area contributed by atoms with Gasteiger partial charge < -0.3 is 21.5 Å². The van der Waals surface area contributed by atoms with E-state index >= 15 is 0 Å². The number of nitrogens with two attached hydrogens (primary N) is 1. The predicted molar refractivity (Wildman–Crippen MR) is 85.6 cm³/mol. The van der Waals surface area contributed by atoms with E-state index in [4.69, 9.17) is 10.8 Å². The second-order valence-corrected chi connectivity index (χ2v) is 5.52. The van der Waals surface area contributed by atoms with Gasteiger partial charge in [-0.15, -0.1) is 0 Å². The van der Waals surface area contributed by atoms with E-state index in [0.29, 0.717) is 0 Å². The van der Waals surface area contributed by atoms with E-state index in [2.05, 4.69) is 10.6 Å². The Morgan fingerprint density at radius 1 is 1.13 bits per heavy atom. The Bertz CT molecular complexity index is 588. The summed E-state index contributed by atoms with van der Waals surface area (Å²) in [7, 11) is 0. The molecule has 1 aromatic carbocycles. The summed E-state index contributed by atoms with van der Waals surface area (Å²) in [6, 6.07) is 5.47. The number of carboxylic acid groups (broad SMARTS) is 1. The third-order valence-electron chi connectivity index (χ3n) is 3.50. The Kier molecular flexibility index (Phi) is 6.71. The molecule has 0 spiro atoms. The monoisotopic (exact) mass is 321 g/mol. The molecule has 0 aliphatic rings. The zero-order valence-corrected chi connectivity index (χ0v) is 13.5. The molecular formula is C16H23N3O4. The van der Waals surface area contributed by atoms with Gasteiger partial charge in [-0.1, -0.05) is 24.3 Å². The molecule has 0 aliphatic carbocycles. The zero-order chi connectivity index (χ0) is 17.6. The number of carbonyl (C=O) groups excluding carboxylic acids is 2. The van der Waals surface area contributed by atoms with E-state index in [1.54, 1.807) is 0 Å². The van der Waals surface area contributed by atoms with Gasteiger partial charge in [0.05, 0.1) is 18.5 Å². The average molecular weight is 321 g/mol. The highest BCUT2D eigenvalue weighted by Gasteiger charge is 2.23. The normalized spacial score (nSPS) is 14.4. The maximum atomic E-state index is 12.1. The fourth-order valence-corrected chi connectivity index (χ4v) is 2.16. The van der Waals surface area contributed by atoms with Gasteiger partial charge in [-0.2, -0.15) is 0 Å². The van der Waals surface area contributed by atoms with Gasteiger partial charge in [0.25, 0.3) is 0 Å². The van der Waals surface area contributed by atoms with Gasteiger partial charge in [0, 0.05) is 0 Å². The van der Waals surface area contributed by atoms with Crippen molar-refractivity contribution in [1.29, 1.82) is 0 Å². The highest BCUT2D eigenvalue weighted by Crippen LogP contribution is 2.16. The van der Waals surface area contributed by atoms with E-state index in [-0.39, 0.29) is 11.9 Å². The fourth-order valence-electron chi connectivity index (χ4n) is 2.16. The lowest BCUT2D eigenvalue weighted by Gasteiger charge is -2.21. The van der Waals surface area contributed by atoms with Crippen LogP contribution in [0.15, 0.2) is 24.3 Å². The van der Waals surface area contributed by atoms with Crippen LogP contribution in [0.4, 0.5) is 0 Å². The minimum atomic E-state index is -1.18. The average Bonchev–Trinajstić information content (AvgIpc) is 2.46. The Hall–Kier alpha value is -2.41. The number of rotatable bonds is 7.